The molecule has 0 aliphatic carbocycles. The summed E-state index contributed by atoms with van der Waals surface area (Å²) in [5, 5.41) is 9.72. The van der Waals surface area contributed by atoms with Crippen LogP contribution in [0.4, 0.5) is 0 Å². The zero-order valence-corrected chi connectivity index (χ0v) is 16.8. The molecule has 0 spiro atoms. The quantitative estimate of drug-likeness (QED) is 0.508. The number of likely N-dealkylation sites (tertiary alicyclic amines) is 1. The van der Waals surface area contributed by atoms with Gasteiger partial charge >= 0.3 is 5.97 Å². The van der Waals surface area contributed by atoms with Gasteiger partial charge in [-0.2, -0.15) is 0 Å². The van der Waals surface area contributed by atoms with E-state index in [1.54, 1.807) is 11.8 Å². The van der Waals surface area contributed by atoms with Crippen LogP contribution in [-0.4, -0.2) is 64.8 Å². The first-order valence-corrected chi connectivity index (χ1v) is 10.5. The van der Waals surface area contributed by atoms with Crippen LogP contribution in [0.25, 0.3) is 0 Å². The molecule has 1 aromatic carbocycles. The summed E-state index contributed by atoms with van der Waals surface area (Å²) in [4.78, 5) is 28.4. The second-order valence-electron chi connectivity index (χ2n) is 6.47. The van der Waals surface area contributed by atoms with Crippen LogP contribution in [0.15, 0.2) is 29.2 Å². The molecule has 144 valence electrons. The Bertz CT molecular complexity index is 589. The maximum absolute atomic E-state index is 12.4. The van der Waals surface area contributed by atoms with Crippen molar-refractivity contribution in [2.45, 2.75) is 43.5 Å². The molecule has 1 N–H and O–H groups in total. The molecule has 1 heterocycles. The number of thioether (sulfide) groups is 1. The second-order valence-corrected chi connectivity index (χ2v) is 8.08. The number of amides is 1. The molecule has 0 bridgehead atoms. The number of nitrogens with zero attached hydrogens (tertiary/aromatic N) is 2. The first-order valence-electron chi connectivity index (χ1n) is 9.11. The van der Waals surface area contributed by atoms with Crippen molar-refractivity contribution < 1.29 is 14.7 Å². The molecule has 1 fully saturated rings. The summed E-state index contributed by atoms with van der Waals surface area (Å²) in [5.74, 6) is 0.330. The molecule has 0 atom stereocenters. The zero-order chi connectivity index (χ0) is 18.9. The standard InChI is InChI=1S/C19H27ClN2O3S/c1-2-21(14-19(24)25)16-9-11-22(12-10-16)18(23)4-3-13-26-17-7-5-15(20)6-8-17/h5-8,16H,2-4,9-14H2,1H3,(H,24,25). The van der Waals surface area contributed by atoms with E-state index in [-0.39, 0.29) is 18.5 Å². The van der Waals surface area contributed by atoms with E-state index < -0.39 is 5.97 Å². The molecule has 0 unspecified atom stereocenters. The molecule has 1 saturated heterocycles. The Labute approximate surface area is 164 Å². The van der Waals surface area contributed by atoms with E-state index in [9.17, 15) is 9.59 Å². The molecule has 26 heavy (non-hydrogen) atoms. The van der Waals surface area contributed by atoms with Gasteiger partial charge in [-0.25, -0.2) is 0 Å². The lowest BCUT2D eigenvalue weighted by Gasteiger charge is -2.37. The number of rotatable bonds is 9. The summed E-state index contributed by atoms with van der Waals surface area (Å²) in [6, 6.07) is 8.01. The Kier molecular flexibility index (Phi) is 8.75. The minimum Gasteiger partial charge on any atom is -0.480 e. The van der Waals surface area contributed by atoms with Crippen LogP contribution in [0, 0.1) is 0 Å². The van der Waals surface area contributed by atoms with Crippen molar-refractivity contribution in [3.05, 3.63) is 29.3 Å². The Balaban J connectivity index is 1.66. The Morgan fingerprint density at radius 2 is 1.92 bits per heavy atom. The molecule has 0 radical (unpaired) electrons. The van der Waals surface area contributed by atoms with Crippen LogP contribution in [0.1, 0.15) is 32.6 Å². The minimum absolute atomic E-state index is 0.0804. The fourth-order valence-electron chi connectivity index (χ4n) is 3.26. The average Bonchev–Trinajstić information content (AvgIpc) is 2.64. The molecule has 1 aromatic rings. The van der Waals surface area contributed by atoms with Gasteiger partial charge in [0.25, 0.3) is 0 Å². The fourth-order valence-corrected chi connectivity index (χ4v) is 4.23. The van der Waals surface area contributed by atoms with E-state index in [2.05, 4.69) is 0 Å². The van der Waals surface area contributed by atoms with Crippen LogP contribution in [0.5, 0.6) is 0 Å². The average molecular weight is 399 g/mol. The van der Waals surface area contributed by atoms with Crippen molar-refractivity contribution in [1.29, 1.82) is 0 Å². The first kappa shape index (κ1) is 21.1. The van der Waals surface area contributed by atoms with Gasteiger partial charge in [-0.15, -0.1) is 11.8 Å². The maximum Gasteiger partial charge on any atom is 0.317 e. The van der Waals surface area contributed by atoms with Gasteiger partial charge in [0.05, 0.1) is 6.54 Å². The van der Waals surface area contributed by atoms with Crippen LogP contribution in [0.3, 0.4) is 0 Å². The van der Waals surface area contributed by atoms with Crippen LogP contribution < -0.4 is 0 Å². The molecule has 0 saturated carbocycles. The van der Waals surface area contributed by atoms with Crippen molar-refractivity contribution in [3.63, 3.8) is 0 Å². The number of piperidine rings is 1. The smallest absolute Gasteiger partial charge is 0.317 e. The molecule has 0 aromatic heterocycles. The number of halogens is 1. The van der Waals surface area contributed by atoms with Crippen molar-refractivity contribution in [2.75, 3.05) is 31.9 Å². The fraction of sp³-hybridized carbons (Fsp3) is 0.579. The van der Waals surface area contributed by atoms with E-state index in [0.717, 1.165) is 49.7 Å². The van der Waals surface area contributed by atoms with Gasteiger partial charge in [0.15, 0.2) is 0 Å². The van der Waals surface area contributed by atoms with Gasteiger partial charge in [-0.05, 0) is 55.8 Å². The van der Waals surface area contributed by atoms with Gasteiger partial charge in [0.1, 0.15) is 0 Å². The van der Waals surface area contributed by atoms with Crippen LogP contribution >= 0.6 is 23.4 Å². The topological polar surface area (TPSA) is 60.9 Å². The lowest BCUT2D eigenvalue weighted by Crippen LogP contribution is -2.48. The predicted molar refractivity (Wildman–Crippen MR) is 106 cm³/mol. The van der Waals surface area contributed by atoms with Gasteiger partial charge in [0.2, 0.25) is 5.91 Å². The molecular weight excluding hydrogens is 372 g/mol. The highest BCUT2D eigenvalue weighted by Gasteiger charge is 2.26. The third kappa shape index (κ3) is 6.82. The van der Waals surface area contributed by atoms with Crippen molar-refractivity contribution in [2.24, 2.45) is 0 Å². The summed E-state index contributed by atoms with van der Waals surface area (Å²) in [5.41, 5.74) is 0. The molecule has 1 aliphatic rings. The van der Waals surface area contributed by atoms with Crippen molar-refractivity contribution in [3.8, 4) is 0 Å². The lowest BCUT2D eigenvalue weighted by atomic mass is 10.0. The number of carboxylic acids is 1. The summed E-state index contributed by atoms with van der Waals surface area (Å²) in [6.07, 6.45) is 3.13. The van der Waals surface area contributed by atoms with Crippen molar-refractivity contribution in [1.82, 2.24) is 9.80 Å². The summed E-state index contributed by atoms with van der Waals surface area (Å²) in [7, 11) is 0. The summed E-state index contributed by atoms with van der Waals surface area (Å²) < 4.78 is 0. The Morgan fingerprint density at radius 1 is 1.27 bits per heavy atom. The number of hydrogen-bond acceptors (Lipinski definition) is 4. The molecule has 7 heteroatoms. The van der Waals surface area contributed by atoms with Gasteiger partial charge < -0.3 is 10.0 Å². The highest BCUT2D eigenvalue weighted by Crippen LogP contribution is 2.22. The Hall–Kier alpha value is -1.24. The number of benzene rings is 1. The van der Waals surface area contributed by atoms with E-state index in [1.165, 1.54) is 4.90 Å². The molecule has 1 aliphatic heterocycles. The summed E-state index contributed by atoms with van der Waals surface area (Å²) >= 11 is 7.61. The van der Waals surface area contributed by atoms with Crippen LogP contribution in [0.2, 0.25) is 5.02 Å². The number of likely N-dealkylation sites (N-methyl/N-ethyl adjacent to an activating group) is 1. The van der Waals surface area contributed by atoms with Crippen LogP contribution in [-0.2, 0) is 9.59 Å². The maximum atomic E-state index is 12.4. The van der Waals surface area contributed by atoms with Crippen molar-refractivity contribution >= 4 is 35.2 Å². The third-order valence-corrected chi connectivity index (χ3v) is 6.05. The molecular formula is C19H27ClN2O3S. The highest BCUT2D eigenvalue weighted by molar-refractivity contribution is 7.99. The first-order chi connectivity index (χ1) is 12.5. The zero-order valence-electron chi connectivity index (χ0n) is 15.2. The van der Waals surface area contributed by atoms with E-state index in [1.807, 2.05) is 41.0 Å². The number of carboxylic acid groups (broad SMARTS) is 1. The van der Waals surface area contributed by atoms with E-state index >= 15 is 0 Å². The summed E-state index contributed by atoms with van der Waals surface area (Å²) in [6.45, 7) is 4.25. The molecule has 2 rings (SSSR count). The second kappa shape index (κ2) is 10.8. The normalized spacial score (nSPS) is 15.4. The number of carbonyl (C=O) groups is 2. The number of aliphatic carboxylic acids is 1. The van der Waals surface area contributed by atoms with E-state index in [0.29, 0.717) is 6.42 Å². The molecule has 5 nitrogen and oxygen atoms in total. The van der Waals surface area contributed by atoms with Gasteiger partial charge in [-0.1, -0.05) is 18.5 Å². The predicted octanol–water partition coefficient (Wildman–Crippen LogP) is 3.61. The van der Waals surface area contributed by atoms with Gasteiger partial charge in [0, 0.05) is 35.5 Å². The lowest BCUT2D eigenvalue weighted by molar-refractivity contribution is -0.140. The number of hydrogen-bond donors (Lipinski definition) is 1. The van der Waals surface area contributed by atoms with Gasteiger partial charge in [-0.3, -0.25) is 14.5 Å². The largest absolute Gasteiger partial charge is 0.480 e. The van der Waals surface area contributed by atoms with E-state index in [4.69, 9.17) is 16.7 Å². The number of carbonyl (C=O) groups excluding carboxylic acids is 1. The molecule has 1 amide bonds. The Morgan fingerprint density at radius 3 is 2.50 bits per heavy atom. The highest BCUT2D eigenvalue weighted by atomic mass is 35.5. The SMILES string of the molecule is CCN(CC(=O)O)C1CCN(C(=O)CCCSc2ccc(Cl)cc2)CC1. The minimum atomic E-state index is -0.788. The monoisotopic (exact) mass is 398 g/mol. The third-order valence-electron chi connectivity index (χ3n) is 4.70.